The lowest BCUT2D eigenvalue weighted by Crippen LogP contribution is -2.39. The van der Waals surface area contributed by atoms with Gasteiger partial charge in [0.25, 0.3) is 0 Å². The Morgan fingerprint density at radius 3 is 2.65 bits per heavy atom. The predicted octanol–water partition coefficient (Wildman–Crippen LogP) is 4.43. The van der Waals surface area contributed by atoms with Gasteiger partial charge < -0.3 is 14.4 Å². The highest BCUT2D eigenvalue weighted by Gasteiger charge is 2.54. The van der Waals surface area contributed by atoms with Crippen molar-refractivity contribution < 1.29 is 9.47 Å². The van der Waals surface area contributed by atoms with Crippen molar-refractivity contribution in [1.29, 1.82) is 5.26 Å². The summed E-state index contributed by atoms with van der Waals surface area (Å²) in [4.78, 5) is 12.6. The first kappa shape index (κ1) is 23.6. The van der Waals surface area contributed by atoms with Crippen LogP contribution in [0.25, 0.3) is 16.6 Å². The fourth-order valence-corrected chi connectivity index (χ4v) is 6.13. The quantitative estimate of drug-likeness (QED) is 0.263. The van der Waals surface area contributed by atoms with E-state index >= 15 is 0 Å². The Bertz CT molecular complexity index is 1460. The van der Waals surface area contributed by atoms with Gasteiger partial charge in [-0.05, 0) is 56.0 Å². The summed E-state index contributed by atoms with van der Waals surface area (Å²) in [5, 5.41) is 13.9. The van der Waals surface area contributed by atoms with Crippen LogP contribution in [0.5, 0.6) is 11.6 Å². The highest BCUT2D eigenvalue weighted by atomic mass is 32.2. The molecule has 1 unspecified atom stereocenters. The summed E-state index contributed by atoms with van der Waals surface area (Å²) in [7, 11) is 1.63. The van der Waals surface area contributed by atoms with E-state index in [1.807, 2.05) is 31.5 Å². The average molecular weight is 514 g/mol. The standard InChI is InChI=1S/C27H27N7O2S/c1-3-36-21-12-23(26-20(13-28)15-31-33(26)17-21)19-4-6-24(29-14-19)32-10-8-27(9-11-32)18-34(27)37-22-5-7-25(35-2)30-16-22/h4-7,12,14-17H,3,8-11,18H2,1-2H3. The lowest BCUT2D eigenvalue weighted by atomic mass is 9.97. The van der Waals surface area contributed by atoms with Crippen molar-refractivity contribution in [2.75, 3.05) is 38.3 Å². The number of hydrogen-bond acceptors (Lipinski definition) is 9. The SMILES string of the molecule is CCOc1cc(-c2ccc(N3CCC4(CC3)CN4Sc3ccc(OC)nc3)nc2)c2c(C#N)cnn2c1. The molecule has 6 heterocycles. The molecule has 2 aliphatic heterocycles. The number of fused-ring (bicyclic) bond motifs is 1. The molecule has 1 spiro atoms. The van der Waals surface area contributed by atoms with Gasteiger partial charge in [-0.25, -0.2) is 18.8 Å². The highest BCUT2D eigenvalue weighted by Crippen LogP contribution is 2.49. The molecule has 0 saturated carbocycles. The summed E-state index contributed by atoms with van der Waals surface area (Å²) in [5.41, 5.74) is 3.37. The minimum absolute atomic E-state index is 0.266. The second kappa shape index (κ2) is 9.57. The Morgan fingerprint density at radius 1 is 1.11 bits per heavy atom. The number of hydrogen-bond donors (Lipinski definition) is 0. The molecule has 6 rings (SSSR count). The zero-order chi connectivity index (χ0) is 25.4. The molecule has 0 amide bonds. The predicted molar refractivity (Wildman–Crippen MR) is 142 cm³/mol. The molecule has 2 aliphatic rings. The van der Waals surface area contributed by atoms with Crippen LogP contribution < -0.4 is 14.4 Å². The summed E-state index contributed by atoms with van der Waals surface area (Å²) in [5.74, 6) is 2.32. The number of methoxy groups -OCH3 is 1. The normalized spacial score (nSPS) is 18.1. The van der Waals surface area contributed by atoms with Gasteiger partial charge in [0.15, 0.2) is 0 Å². The third kappa shape index (κ3) is 4.45. The molecule has 0 bridgehead atoms. The minimum Gasteiger partial charge on any atom is -0.492 e. The van der Waals surface area contributed by atoms with Crippen LogP contribution in [-0.2, 0) is 0 Å². The van der Waals surface area contributed by atoms with Crippen molar-refractivity contribution in [2.24, 2.45) is 0 Å². The zero-order valence-electron chi connectivity index (χ0n) is 20.8. The van der Waals surface area contributed by atoms with E-state index in [1.165, 1.54) is 0 Å². The summed E-state index contributed by atoms with van der Waals surface area (Å²) in [6.45, 7) is 5.54. The number of piperidine rings is 1. The first-order chi connectivity index (χ1) is 18.1. The van der Waals surface area contributed by atoms with E-state index in [-0.39, 0.29) is 5.54 Å². The molecule has 2 saturated heterocycles. The third-order valence-corrected chi connectivity index (χ3v) is 8.28. The molecule has 0 N–H and O–H groups in total. The van der Waals surface area contributed by atoms with Crippen molar-refractivity contribution in [2.45, 2.75) is 30.2 Å². The number of aromatic nitrogens is 4. The summed E-state index contributed by atoms with van der Waals surface area (Å²) in [6.07, 6.45) is 9.35. The maximum Gasteiger partial charge on any atom is 0.212 e. The second-order valence-corrected chi connectivity index (χ2v) is 10.4. The van der Waals surface area contributed by atoms with Crippen molar-refractivity contribution in [3.8, 4) is 28.8 Å². The Hall–Kier alpha value is -3.81. The van der Waals surface area contributed by atoms with Crippen LogP contribution in [0, 0.1) is 11.3 Å². The van der Waals surface area contributed by atoms with Gasteiger partial charge in [-0.1, -0.05) is 0 Å². The number of ether oxygens (including phenoxy) is 2. The molecule has 4 aromatic heterocycles. The van der Waals surface area contributed by atoms with E-state index in [4.69, 9.17) is 14.5 Å². The monoisotopic (exact) mass is 513 g/mol. The molecule has 4 aromatic rings. The number of pyridine rings is 3. The van der Waals surface area contributed by atoms with Gasteiger partial charge in [0.1, 0.15) is 17.6 Å². The third-order valence-electron chi connectivity index (χ3n) is 7.09. The largest absolute Gasteiger partial charge is 0.492 e. The van der Waals surface area contributed by atoms with Gasteiger partial charge in [0, 0.05) is 59.7 Å². The molecule has 1 atom stereocenters. The molecule has 0 aliphatic carbocycles. The van der Waals surface area contributed by atoms with Crippen LogP contribution in [0.4, 0.5) is 5.82 Å². The fraction of sp³-hybridized carbons (Fsp3) is 0.333. The van der Waals surface area contributed by atoms with Crippen LogP contribution in [0.3, 0.4) is 0 Å². The molecule has 9 nitrogen and oxygen atoms in total. The van der Waals surface area contributed by atoms with Gasteiger partial charge in [-0.3, -0.25) is 0 Å². The van der Waals surface area contributed by atoms with Crippen LogP contribution in [0.2, 0.25) is 0 Å². The Morgan fingerprint density at radius 2 is 1.97 bits per heavy atom. The van der Waals surface area contributed by atoms with Gasteiger partial charge >= 0.3 is 0 Å². The van der Waals surface area contributed by atoms with Gasteiger partial charge in [-0.15, -0.1) is 0 Å². The van der Waals surface area contributed by atoms with Crippen LogP contribution in [0.1, 0.15) is 25.3 Å². The van der Waals surface area contributed by atoms with Gasteiger partial charge in [0.05, 0.1) is 37.2 Å². The van der Waals surface area contributed by atoms with Crippen molar-refractivity contribution >= 4 is 23.3 Å². The molecule has 10 heteroatoms. The van der Waals surface area contributed by atoms with Crippen LogP contribution >= 0.6 is 11.9 Å². The lowest BCUT2D eigenvalue weighted by Gasteiger charge is -2.33. The van der Waals surface area contributed by atoms with Gasteiger partial charge in [-0.2, -0.15) is 10.4 Å². The Kier molecular flexibility index (Phi) is 6.10. The molecule has 37 heavy (non-hydrogen) atoms. The lowest BCUT2D eigenvalue weighted by molar-refractivity contribution is 0.338. The summed E-state index contributed by atoms with van der Waals surface area (Å²) in [6, 6.07) is 12.3. The second-order valence-electron chi connectivity index (χ2n) is 9.27. The van der Waals surface area contributed by atoms with Crippen LogP contribution in [0.15, 0.2) is 60.0 Å². The number of nitrogens with zero attached hydrogens (tertiary/aromatic N) is 7. The molecular formula is C27H27N7O2S. The maximum atomic E-state index is 9.58. The van der Waals surface area contributed by atoms with Crippen molar-refractivity contribution in [3.63, 3.8) is 0 Å². The first-order valence-electron chi connectivity index (χ1n) is 12.3. The summed E-state index contributed by atoms with van der Waals surface area (Å²) >= 11 is 1.78. The van der Waals surface area contributed by atoms with E-state index in [2.05, 4.69) is 43.6 Å². The number of anilines is 1. The van der Waals surface area contributed by atoms with E-state index in [0.29, 0.717) is 23.8 Å². The van der Waals surface area contributed by atoms with Crippen molar-refractivity contribution in [3.05, 3.63) is 60.7 Å². The number of rotatable bonds is 7. The highest BCUT2D eigenvalue weighted by molar-refractivity contribution is 7.97. The minimum atomic E-state index is 0.266. The number of nitriles is 1. The Labute approximate surface area is 219 Å². The molecule has 0 radical (unpaired) electrons. The van der Waals surface area contributed by atoms with E-state index in [0.717, 1.165) is 59.8 Å². The molecule has 0 aromatic carbocycles. The van der Waals surface area contributed by atoms with E-state index < -0.39 is 0 Å². The average Bonchev–Trinajstić information content (AvgIpc) is 3.41. The maximum absolute atomic E-state index is 9.58. The molecular weight excluding hydrogens is 486 g/mol. The zero-order valence-corrected chi connectivity index (χ0v) is 21.6. The van der Waals surface area contributed by atoms with Crippen LogP contribution in [-0.4, -0.2) is 62.8 Å². The Balaban J connectivity index is 1.14. The van der Waals surface area contributed by atoms with Crippen molar-refractivity contribution in [1.82, 2.24) is 23.9 Å². The molecule has 188 valence electrons. The smallest absolute Gasteiger partial charge is 0.212 e. The van der Waals surface area contributed by atoms with E-state index in [9.17, 15) is 5.26 Å². The first-order valence-corrected chi connectivity index (χ1v) is 13.1. The molecule has 2 fully saturated rings. The summed E-state index contributed by atoms with van der Waals surface area (Å²) < 4.78 is 15.1. The topological polar surface area (TPSA) is 91.6 Å². The van der Waals surface area contributed by atoms with Gasteiger partial charge in [0.2, 0.25) is 5.88 Å². The van der Waals surface area contributed by atoms with E-state index in [1.54, 1.807) is 36.0 Å². The fourth-order valence-electron chi connectivity index (χ4n) is 4.97.